The van der Waals surface area contributed by atoms with Gasteiger partial charge in [-0.25, -0.2) is 0 Å². The second-order valence-corrected chi connectivity index (χ2v) is 6.26. The zero-order valence-electron chi connectivity index (χ0n) is 14.9. The number of amides is 1. The van der Waals surface area contributed by atoms with Gasteiger partial charge in [-0.1, -0.05) is 60.7 Å². The number of benzene rings is 3. The molecule has 3 aromatic carbocycles. The van der Waals surface area contributed by atoms with Crippen molar-refractivity contribution in [3.05, 3.63) is 95.6 Å². The molecule has 0 aliphatic heterocycles. The summed E-state index contributed by atoms with van der Waals surface area (Å²) in [6, 6.07) is 25.7. The second-order valence-electron chi connectivity index (χ2n) is 6.26. The fraction of sp³-hybridized carbons (Fsp3) is 0.174. The van der Waals surface area contributed by atoms with E-state index < -0.39 is 0 Å². The Bertz CT molecular complexity index is 859. The van der Waals surface area contributed by atoms with Gasteiger partial charge in [0, 0.05) is 18.2 Å². The third-order valence-corrected chi connectivity index (χ3v) is 4.23. The Labute approximate surface area is 154 Å². The van der Waals surface area contributed by atoms with Gasteiger partial charge < -0.3 is 10.1 Å². The van der Waals surface area contributed by atoms with E-state index in [9.17, 15) is 4.79 Å². The molecular weight excluding hydrogens is 322 g/mol. The van der Waals surface area contributed by atoms with Crippen molar-refractivity contribution >= 4 is 11.6 Å². The van der Waals surface area contributed by atoms with E-state index in [1.165, 1.54) is 5.56 Å². The molecule has 0 unspecified atom stereocenters. The summed E-state index contributed by atoms with van der Waals surface area (Å²) < 4.78 is 5.82. The number of rotatable bonds is 7. The first kappa shape index (κ1) is 17.7. The van der Waals surface area contributed by atoms with Crippen molar-refractivity contribution in [1.82, 2.24) is 0 Å². The number of ether oxygens (including phenoxy) is 1. The predicted octanol–water partition coefficient (Wildman–Crippen LogP) is 4.80. The van der Waals surface area contributed by atoms with Crippen LogP contribution in [0.1, 0.15) is 16.7 Å². The molecule has 26 heavy (non-hydrogen) atoms. The molecule has 0 radical (unpaired) electrons. The van der Waals surface area contributed by atoms with Gasteiger partial charge in [-0.15, -0.1) is 0 Å². The topological polar surface area (TPSA) is 38.3 Å². The Hall–Kier alpha value is -3.07. The van der Waals surface area contributed by atoms with E-state index in [-0.39, 0.29) is 5.91 Å². The third-order valence-electron chi connectivity index (χ3n) is 4.23. The molecule has 3 nitrogen and oxygen atoms in total. The van der Waals surface area contributed by atoms with Crippen LogP contribution in [0.3, 0.4) is 0 Å². The Kier molecular flexibility index (Phi) is 6.05. The molecule has 0 fully saturated rings. The molecule has 0 saturated heterocycles. The van der Waals surface area contributed by atoms with Crippen molar-refractivity contribution in [2.45, 2.75) is 19.8 Å². The highest BCUT2D eigenvalue weighted by Gasteiger charge is 2.07. The first-order valence-corrected chi connectivity index (χ1v) is 8.82. The molecule has 0 aromatic heterocycles. The van der Waals surface area contributed by atoms with Crippen LogP contribution in [0.4, 0.5) is 5.69 Å². The smallest absolute Gasteiger partial charge is 0.228 e. The van der Waals surface area contributed by atoms with Crippen LogP contribution < -0.4 is 10.1 Å². The number of hydrogen-bond acceptors (Lipinski definition) is 2. The molecule has 0 saturated carbocycles. The second kappa shape index (κ2) is 8.86. The van der Waals surface area contributed by atoms with Crippen molar-refractivity contribution < 1.29 is 9.53 Å². The molecule has 3 aromatic rings. The first-order valence-electron chi connectivity index (χ1n) is 8.82. The van der Waals surface area contributed by atoms with Crippen molar-refractivity contribution in [3.63, 3.8) is 0 Å². The molecule has 0 bridgehead atoms. The van der Waals surface area contributed by atoms with Crippen LogP contribution in [0.5, 0.6) is 5.75 Å². The van der Waals surface area contributed by atoms with E-state index in [0.29, 0.717) is 13.0 Å². The Balaban J connectivity index is 1.53. The zero-order valence-corrected chi connectivity index (χ0v) is 14.9. The molecule has 0 atom stereocenters. The van der Waals surface area contributed by atoms with Crippen LogP contribution >= 0.6 is 0 Å². The van der Waals surface area contributed by atoms with Gasteiger partial charge in [-0.2, -0.15) is 0 Å². The Morgan fingerprint density at radius 3 is 2.50 bits per heavy atom. The summed E-state index contributed by atoms with van der Waals surface area (Å²) in [7, 11) is 0. The van der Waals surface area contributed by atoms with Gasteiger partial charge >= 0.3 is 0 Å². The Morgan fingerprint density at radius 2 is 1.69 bits per heavy atom. The Morgan fingerprint density at radius 1 is 0.923 bits per heavy atom. The van der Waals surface area contributed by atoms with Gasteiger partial charge in [0.2, 0.25) is 5.91 Å². The van der Waals surface area contributed by atoms with Gasteiger partial charge in [0.15, 0.2) is 0 Å². The molecule has 1 N–H and O–H groups in total. The minimum atomic E-state index is -0.0271. The summed E-state index contributed by atoms with van der Waals surface area (Å²) in [5, 5.41) is 2.95. The molecule has 3 rings (SSSR count). The molecular formula is C23H23NO2. The maximum atomic E-state index is 12.3. The lowest BCUT2D eigenvalue weighted by molar-refractivity contribution is -0.115. The normalized spacial score (nSPS) is 10.3. The van der Waals surface area contributed by atoms with Crippen molar-refractivity contribution in [3.8, 4) is 5.75 Å². The summed E-state index contributed by atoms with van der Waals surface area (Å²) in [6.07, 6.45) is 1.22. The molecule has 132 valence electrons. The number of anilines is 1. The molecule has 1 amide bonds. The van der Waals surface area contributed by atoms with Gasteiger partial charge in [-0.05, 0) is 35.7 Å². The van der Waals surface area contributed by atoms with Crippen LogP contribution in [-0.2, 0) is 17.6 Å². The monoisotopic (exact) mass is 345 g/mol. The highest BCUT2D eigenvalue weighted by atomic mass is 16.5. The van der Waals surface area contributed by atoms with Gasteiger partial charge in [0.05, 0.1) is 13.0 Å². The SMILES string of the molecule is Cc1ccccc1CC(=O)Nc1cccc(OCCc2ccccc2)c1. The predicted molar refractivity (Wildman–Crippen MR) is 106 cm³/mol. The average molecular weight is 345 g/mol. The summed E-state index contributed by atoms with van der Waals surface area (Å²) >= 11 is 0. The maximum Gasteiger partial charge on any atom is 0.228 e. The van der Waals surface area contributed by atoms with Gasteiger partial charge in [-0.3, -0.25) is 4.79 Å². The molecule has 0 spiro atoms. The fourth-order valence-corrected chi connectivity index (χ4v) is 2.78. The summed E-state index contributed by atoms with van der Waals surface area (Å²) in [6.45, 7) is 2.62. The quantitative estimate of drug-likeness (QED) is 0.668. The minimum Gasteiger partial charge on any atom is -0.493 e. The summed E-state index contributed by atoms with van der Waals surface area (Å²) in [5.74, 6) is 0.732. The number of carbonyl (C=O) groups is 1. The molecule has 3 heteroatoms. The van der Waals surface area contributed by atoms with E-state index in [1.807, 2.05) is 73.7 Å². The number of nitrogens with one attached hydrogen (secondary N) is 1. The lowest BCUT2D eigenvalue weighted by Crippen LogP contribution is -2.15. The third kappa shape index (κ3) is 5.21. The van der Waals surface area contributed by atoms with Crippen molar-refractivity contribution in [2.75, 3.05) is 11.9 Å². The van der Waals surface area contributed by atoms with Gasteiger partial charge in [0.25, 0.3) is 0 Å². The largest absolute Gasteiger partial charge is 0.493 e. The lowest BCUT2D eigenvalue weighted by atomic mass is 10.1. The van der Waals surface area contributed by atoms with Crippen LogP contribution in [0.2, 0.25) is 0 Å². The molecule has 0 heterocycles. The summed E-state index contributed by atoms with van der Waals surface area (Å²) in [5.41, 5.74) is 4.16. The van der Waals surface area contributed by atoms with Crippen molar-refractivity contribution in [2.24, 2.45) is 0 Å². The average Bonchev–Trinajstić information content (AvgIpc) is 2.65. The highest BCUT2D eigenvalue weighted by Crippen LogP contribution is 2.18. The van der Waals surface area contributed by atoms with Crippen LogP contribution in [0.25, 0.3) is 0 Å². The fourth-order valence-electron chi connectivity index (χ4n) is 2.78. The van der Waals surface area contributed by atoms with Crippen LogP contribution in [0, 0.1) is 6.92 Å². The molecule has 0 aliphatic carbocycles. The van der Waals surface area contributed by atoms with Gasteiger partial charge in [0.1, 0.15) is 5.75 Å². The zero-order chi connectivity index (χ0) is 18.2. The number of aryl methyl sites for hydroxylation is 1. The van der Waals surface area contributed by atoms with Crippen LogP contribution in [0.15, 0.2) is 78.9 Å². The highest BCUT2D eigenvalue weighted by molar-refractivity contribution is 5.92. The molecule has 0 aliphatic rings. The van der Waals surface area contributed by atoms with E-state index in [2.05, 4.69) is 17.4 Å². The van der Waals surface area contributed by atoms with E-state index in [0.717, 1.165) is 29.0 Å². The maximum absolute atomic E-state index is 12.3. The standard InChI is InChI=1S/C23H23NO2/c1-18-8-5-6-11-20(18)16-23(25)24-21-12-7-13-22(17-21)26-15-14-19-9-3-2-4-10-19/h2-13,17H,14-16H2,1H3,(H,24,25). The van der Waals surface area contributed by atoms with E-state index >= 15 is 0 Å². The van der Waals surface area contributed by atoms with E-state index in [1.54, 1.807) is 0 Å². The lowest BCUT2D eigenvalue weighted by Gasteiger charge is -2.10. The first-order chi connectivity index (χ1) is 12.7. The summed E-state index contributed by atoms with van der Waals surface area (Å²) in [4.78, 5) is 12.3. The minimum absolute atomic E-state index is 0.0271. The van der Waals surface area contributed by atoms with Crippen LogP contribution in [-0.4, -0.2) is 12.5 Å². The number of carbonyl (C=O) groups excluding carboxylic acids is 1. The van der Waals surface area contributed by atoms with E-state index in [4.69, 9.17) is 4.74 Å². The number of hydrogen-bond donors (Lipinski definition) is 1. The van der Waals surface area contributed by atoms with Crippen molar-refractivity contribution in [1.29, 1.82) is 0 Å².